The van der Waals surface area contributed by atoms with Gasteiger partial charge in [-0.3, -0.25) is 9.69 Å². The summed E-state index contributed by atoms with van der Waals surface area (Å²) in [6.45, 7) is 0.473. The average Bonchev–Trinajstić information content (AvgIpc) is 2.93. The minimum absolute atomic E-state index is 0.170. The molecule has 27 heavy (non-hydrogen) atoms. The molecule has 2 atom stereocenters. The number of urea groups is 1. The maximum atomic E-state index is 13.3. The van der Waals surface area contributed by atoms with Crippen molar-refractivity contribution >= 4 is 11.9 Å². The lowest BCUT2D eigenvalue weighted by Gasteiger charge is -2.33. The maximum absolute atomic E-state index is 13.3. The van der Waals surface area contributed by atoms with Crippen LogP contribution in [-0.2, 0) is 16.8 Å². The van der Waals surface area contributed by atoms with Crippen LogP contribution in [0.25, 0.3) is 0 Å². The number of nitrogens with one attached hydrogen (secondary N) is 1. The van der Waals surface area contributed by atoms with Crippen LogP contribution in [0.1, 0.15) is 24.0 Å². The lowest BCUT2D eigenvalue weighted by molar-refractivity contribution is -0.133. The fourth-order valence-electron chi connectivity index (χ4n) is 4.33. The van der Waals surface area contributed by atoms with E-state index in [4.69, 9.17) is 9.47 Å². The SMILES string of the molecule is O=C1N[C@]2(CCCc3ccccc32)C(=O)N1C[C@H]1COc2ccccc2O1. The van der Waals surface area contributed by atoms with E-state index in [9.17, 15) is 9.59 Å². The molecule has 2 aromatic carbocycles. The lowest BCUT2D eigenvalue weighted by Crippen LogP contribution is -2.48. The minimum Gasteiger partial charge on any atom is -0.486 e. The van der Waals surface area contributed by atoms with Crippen LogP contribution >= 0.6 is 0 Å². The number of hydrogen-bond donors (Lipinski definition) is 1. The fraction of sp³-hybridized carbons (Fsp3) is 0.333. The smallest absolute Gasteiger partial charge is 0.325 e. The van der Waals surface area contributed by atoms with E-state index in [0.717, 1.165) is 24.0 Å². The van der Waals surface area contributed by atoms with E-state index in [1.807, 2.05) is 48.5 Å². The average molecular weight is 364 g/mol. The van der Waals surface area contributed by atoms with Crippen molar-refractivity contribution in [2.75, 3.05) is 13.2 Å². The molecule has 1 fully saturated rings. The second kappa shape index (κ2) is 6.01. The molecule has 0 radical (unpaired) electrons. The Morgan fingerprint density at radius 3 is 2.74 bits per heavy atom. The van der Waals surface area contributed by atoms with Crippen molar-refractivity contribution in [1.29, 1.82) is 0 Å². The molecule has 0 unspecified atom stereocenters. The van der Waals surface area contributed by atoms with E-state index in [-0.39, 0.29) is 24.6 Å². The van der Waals surface area contributed by atoms with Gasteiger partial charge >= 0.3 is 6.03 Å². The first-order valence-corrected chi connectivity index (χ1v) is 9.28. The van der Waals surface area contributed by atoms with E-state index in [0.29, 0.717) is 24.5 Å². The molecule has 1 N–H and O–H groups in total. The Morgan fingerprint density at radius 1 is 1.07 bits per heavy atom. The van der Waals surface area contributed by atoms with Crippen LogP contribution in [0, 0.1) is 0 Å². The Hall–Kier alpha value is -3.02. The third-order valence-corrected chi connectivity index (χ3v) is 5.60. The predicted octanol–water partition coefficient (Wildman–Crippen LogP) is 2.61. The summed E-state index contributed by atoms with van der Waals surface area (Å²) >= 11 is 0. The van der Waals surface area contributed by atoms with Gasteiger partial charge in [-0.25, -0.2) is 4.79 Å². The van der Waals surface area contributed by atoms with Crippen molar-refractivity contribution in [3.63, 3.8) is 0 Å². The molecule has 3 aliphatic rings. The van der Waals surface area contributed by atoms with Crippen molar-refractivity contribution in [3.8, 4) is 11.5 Å². The van der Waals surface area contributed by atoms with Crippen LogP contribution in [0.15, 0.2) is 48.5 Å². The molecule has 2 aliphatic heterocycles. The highest BCUT2D eigenvalue weighted by Gasteiger charge is 2.54. The fourth-order valence-corrected chi connectivity index (χ4v) is 4.33. The van der Waals surface area contributed by atoms with Crippen LogP contribution in [0.2, 0.25) is 0 Å². The predicted molar refractivity (Wildman–Crippen MR) is 97.7 cm³/mol. The molecule has 5 rings (SSSR count). The van der Waals surface area contributed by atoms with Gasteiger partial charge in [0.25, 0.3) is 5.91 Å². The standard InChI is InChI=1S/C21H20N2O4/c24-19-21(11-5-7-14-6-1-2-8-16(14)21)22-20(25)23(19)12-15-13-26-17-9-3-4-10-18(17)27-15/h1-4,6,8-10,15H,5,7,11-13H2,(H,22,25)/t15-,21-/m0/s1. The summed E-state index contributed by atoms with van der Waals surface area (Å²) in [7, 11) is 0. The number of para-hydroxylation sites is 2. The Bertz CT molecular complexity index is 928. The molecule has 1 saturated heterocycles. The first-order valence-electron chi connectivity index (χ1n) is 9.28. The number of hydrogen-bond acceptors (Lipinski definition) is 4. The van der Waals surface area contributed by atoms with Crippen LogP contribution < -0.4 is 14.8 Å². The molecule has 2 aromatic rings. The molecule has 1 spiro atoms. The molecule has 138 valence electrons. The van der Waals surface area contributed by atoms with Gasteiger partial charge in [0, 0.05) is 0 Å². The highest BCUT2D eigenvalue weighted by molar-refractivity contribution is 6.07. The number of aryl methyl sites for hydroxylation is 1. The van der Waals surface area contributed by atoms with Crippen molar-refractivity contribution in [2.24, 2.45) is 0 Å². The van der Waals surface area contributed by atoms with E-state index in [1.165, 1.54) is 4.90 Å². The molecular formula is C21H20N2O4. The third kappa shape index (κ3) is 2.47. The molecule has 0 bridgehead atoms. The molecule has 6 nitrogen and oxygen atoms in total. The van der Waals surface area contributed by atoms with Gasteiger partial charge in [-0.2, -0.15) is 0 Å². The Balaban J connectivity index is 1.40. The molecule has 1 aliphatic carbocycles. The number of imide groups is 1. The number of carbonyl (C=O) groups is 2. The van der Waals surface area contributed by atoms with Crippen LogP contribution in [0.5, 0.6) is 11.5 Å². The second-order valence-corrected chi connectivity index (χ2v) is 7.26. The molecule has 3 amide bonds. The number of ether oxygens (including phenoxy) is 2. The largest absolute Gasteiger partial charge is 0.486 e. The quantitative estimate of drug-likeness (QED) is 0.832. The molecular weight excluding hydrogens is 344 g/mol. The molecule has 2 heterocycles. The Morgan fingerprint density at radius 2 is 1.85 bits per heavy atom. The zero-order valence-electron chi connectivity index (χ0n) is 14.8. The maximum Gasteiger partial charge on any atom is 0.325 e. The lowest BCUT2D eigenvalue weighted by atomic mass is 9.76. The van der Waals surface area contributed by atoms with Crippen molar-refractivity contribution in [3.05, 3.63) is 59.7 Å². The number of fused-ring (bicyclic) bond motifs is 3. The van der Waals surface area contributed by atoms with Crippen molar-refractivity contribution in [2.45, 2.75) is 30.9 Å². The van der Waals surface area contributed by atoms with Gasteiger partial charge in [0.1, 0.15) is 12.1 Å². The Labute approximate surface area is 157 Å². The van der Waals surface area contributed by atoms with Crippen LogP contribution in [0.4, 0.5) is 4.79 Å². The summed E-state index contributed by atoms with van der Waals surface area (Å²) in [5.74, 6) is 1.13. The topological polar surface area (TPSA) is 67.9 Å². The Kier molecular flexibility index (Phi) is 3.60. The third-order valence-electron chi connectivity index (χ3n) is 5.60. The van der Waals surface area contributed by atoms with E-state index in [2.05, 4.69) is 5.32 Å². The molecule has 0 saturated carbocycles. The summed E-state index contributed by atoms with van der Waals surface area (Å²) in [5, 5.41) is 2.98. The first kappa shape index (κ1) is 16.2. The zero-order valence-corrected chi connectivity index (χ0v) is 14.8. The van der Waals surface area contributed by atoms with E-state index >= 15 is 0 Å². The monoisotopic (exact) mass is 364 g/mol. The van der Waals surface area contributed by atoms with E-state index < -0.39 is 5.54 Å². The van der Waals surface area contributed by atoms with Crippen molar-refractivity contribution in [1.82, 2.24) is 10.2 Å². The molecule has 6 heteroatoms. The number of amides is 3. The number of benzene rings is 2. The number of carbonyl (C=O) groups excluding carboxylic acids is 2. The van der Waals surface area contributed by atoms with Gasteiger partial charge in [0.05, 0.1) is 6.54 Å². The van der Waals surface area contributed by atoms with Crippen LogP contribution in [-0.4, -0.2) is 36.1 Å². The normalized spacial score (nSPS) is 26.1. The summed E-state index contributed by atoms with van der Waals surface area (Å²) in [6.07, 6.45) is 2.03. The van der Waals surface area contributed by atoms with Gasteiger partial charge in [-0.05, 0) is 42.5 Å². The van der Waals surface area contributed by atoms with Gasteiger partial charge < -0.3 is 14.8 Å². The summed E-state index contributed by atoms with van der Waals surface area (Å²) in [5.41, 5.74) is 1.10. The second-order valence-electron chi connectivity index (χ2n) is 7.26. The first-order chi connectivity index (χ1) is 13.2. The zero-order chi connectivity index (χ0) is 18.4. The van der Waals surface area contributed by atoms with Gasteiger partial charge in [-0.1, -0.05) is 36.4 Å². The van der Waals surface area contributed by atoms with Gasteiger partial charge in [0.15, 0.2) is 17.6 Å². The number of rotatable bonds is 2. The van der Waals surface area contributed by atoms with Crippen LogP contribution in [0.3, 0.4) is 0 Å². The highest BCUT2D eigenvalue weighted by Crippen LogP contribution is 2.40. The van der Waals surface area contributed by atoms with Crippen molar-refractivity contribution < 1.29 is 19.1 Å². The summed E-state index contributed by atoms with van der Waals surface area (Å²) < 4.78 is 11.7. The summed E-state index contributed by atoms with van der Waals surface area (Å²) in [4.78, 5) is 27.3. The number of nitrogens with zero attached hydrogens (tertiary/aromatic N) is 1. The van der Waals surface area contributed by atoms with E-state index in [1.54, 1.807) is 0 Å². The van der Waals surface area contributed by atoms with Gasteiger partial charge in [0.2, 0.25) is 0 Å². The molecule has 0 aromatic heterocycles. The van der Waals surface area contributed by atoms with Gasteiger partial charge in [-0.15, -0.1) is 0 Å². The minimum atomic E-state index is -0.945. The summed E-state index contributed by atoms with van der Waals surface area (Å²) in [6, 6.07) is 14.9. The highest BCUT2D eigenvalue weighted by atomic mass is 16.6.